The van der Waals surface area contributed by atoms with E-state index in [1.807, 2.05) is 36.5 Å². The van der Waals surface area contributed by atoms with Crippen LogP contribution in [0.5, 0.6) is 0 Å². The second-order valence-electron chi connectivity index (χ2n) is 6.43. The minimum absolute atomic E-state index is 0.0213. The summed E-state index contributed by atoms with van der Waals surface area (Å²) in [7, 11) is 0. The van der Waals surface area contributed by atoms with Gasteiger partial charge in [-0.15, -0.1) is 0 Å². The van der Waals surface area contributed by atoms with E-state index >= 15 is 0 Å². The van der Waals surface area contributed by atoms with Gasteiger partial charge in [-0.05, 0) is 55.4 Å². The quantitative estimate of drug-likeness (QED) is 0.912. The van der Waals surface area contributed by atoms with Crippen molar-refractivity contribution in [2.24, 2.45) is 23.5 Å². The number of nitrogens with one attached hydrogen (secondary N) is 1. The summed E-state index contributed by atoms with van der Waals surface area (Å²) in [5, 5.41) is 7.25. The average Bonchev–Trinajstić information content (AvgIpc) is 3.24. The Bertz CT molecular complexity index is 680. The van der Waals surface area contributed by atoms with Crippen LogP contribution in [-0.2, 0) is 4.79 Å². The molecule has 22 heavy (non-hydrogen) atoms. The minimum Gasteiger partial charge on any atom is -0.327 e. The lowest BCUT2D eigenvalue weighted by Crippen LogP contribution is -2.42. The fraction of sp³-hybridized carbons (Fsp3) is 0.412. The van der Waals surface area contributed by atoms with Crippen molar-refractivity contribution in [2.45, 2.75) is 25.3 Å². The number of carbonyl (C=O) groups is 1. The molecule has 2 aliphatic carbocycles. The Morgan fingerprint density at radius 2 is 2.14 bits per heavy atom. The number of carbonyl (C=O) groups excluding carboxylic acids is 1. The van der Waals surface area contributed by atoms with E-state index in [1.165, 1.54) is 6.42 Å². The van der Waals surface area contributed by atoms with Crippen molar-refractivity contribution in [3.63, 3.8) is 0 Å². The Labute approximate surface area is 129 Å². The summed E-state index contributed by atoms with van der Waals surface area (Å²) < 4.78 is 1.78. The zero-order chi connectivity index (χ0) is 15.1. The van der Waals surface area contributed by atoms with Gasteiger partial charge in [0.25, 0.3) is 0 Å². The number of aromatic nitrogens is 2. The van der Waals surface area contributed by atoms with Crippen LogP contribution >= 0.6 is 0 Å². The van der Waals surface area contributed by atoms with E-state index in [0.717, 1.165) is 24.2 Å². The van der Waals surface area contributed by atoms with Crippen molar-refractivity contribution < 1.29 is 4.79 Å². The maximum Gasteiger partial charge on any atom is 0.229 e. The standard InChI is InChI=1S/C17H20N4O/c18-16-12-6-5-11(9-12)15(16)17(22)20-13-3-1-4-14(10-13)21-8-2-7-19-21/h1-4,7-8,10-12,15-16H,5-6,9,18H2,(H,20,22). The first-order valence-electron chi connectivity index (χ1n) is 7.89. The second-order valence-corrected chi connectivity index (χ2v) is 6.43. The summed E-state index contributed by atoms with van der Waals surface area (Å²) in [5.74, 6) is 1.04. The predicted molar refractivity (Wildman–Crippen MR) is 84.5 cm³/mol. The Morgan fingerprint density at radius 3 is 2.86 bits per heavy atom. The molecule has 4 rings (SSSR count). The third kappa shape index (κ3) is 2.22. The molecule has 0 radical (unpaired) electrons. The minimum atomic E-state index is -0.0351. The van der Waals surface area contributed by atoms with Crippen LogP contribution in [0.25, 0.3) is 5.69 Å². The molecule has 2 bridgehead atoms. The van der Waals surface area contributed by atoms with Crippen LogP contribution in [0.3, 0.4) is 0 Å². The van der Waals surface area contributed by atoms with Crippen molar-refractivity contribution in [1.82, 2.24) is 9.78 Å². The molecule has 0 saturated heterocycles. The summed E-state index contributed by atoms with van der Waals surface area (Å²) in [6.45, 7) is 0. The number of hydrogen-bond acceptors (Lipinski definition) is 3. The number of rotatable bonds is 3. The molecule has 2 aromatic rings. The van der Waals surface area contributed by atoms with E-state index in [2.05, 4.69) is 10.4 Å². The SMILES string of the molecule is NC1C2CCC(C2)C1C(=O)Nc1cccc(-n2cccn2)c1. The smallest absolute Gasteiger partial charge is 0.229 e. The molecule has 1 aromatic carbocycles. The zero-order valence-corrected chi connectivity index (χ0v) is 12.4. The molecule has 0 aliphatic heterocycles. The van der Waals surface area contributed by atoms with Gasteiger partial charge in [0, 0.05) is 24.1 Å². The number of nitrogens with zero attached hydrogens (tertiary/aromatic N) is 2. The molecule has 4 unspecified atom stereocenters. The second kappa shape index (κ2) is 5.25. The number of fused-ring (bicyclic) bond motifs is 2. The lowest BCUT2D eigenvalue weighted by atomic mass is 9.84. The summed E-state index contributed by atoms with van der Waals surface area (Å²) in [5.41, 5.74) is 7.98. The Hall–Kier alpha value is -2.14. The molecule has 1 heterocycles. The summed E-state index contributed by atoms with van der Waals surface area (Å²) >= 11 is 0. The topological polar surface area (TPSA) is 72.9 Å². The van der Waals surface area contributed by atoms with Crippen LogP contribution in [0.1, 0.15) is 19.3 Å². The van der Waals surface area contributed by atoms with Gasteiger partial charge in [-0.2, -0.15) is 5.10 Å². The van der Waals surface area contributed by atoms with Gasteiger partial charge < -0.3 is 11.1 Å². The maximum absolute atomic E-state index is 12.6. The Morgan fingerprint density at radius 1 is 1.27 bits per heavy atom. The zero-order valence-electron chi connectivity index (χ0n) is 12.4. The Balaban J connectivity index is 1.52. The van der Waals surface area contributed by atoms with Crippen molar-refractivity contribution in [3.05, 3.63) is 42.7 Å². The normalized spacial score (nSPS) is 29.7. The van der Waals surface area contributed by atoms with Crippen LogP contribution in [0, 0.1) is 17.8 Å². The van der Waals surface area contributed by atoms with Crippen LogP contribution in [0.4, 0.5) is 5.69 Å². The highest BCUT2D eigenvalue weighted by Gasteiger charge is 2.49. The van der Waals surface area contributed by atoms with Crippen LogP contribution in [0.2, 0.25) is 0 Å². The van der Waals surface area contributed by atoms with Gasteiger partial charge in [-0.1, -0.05) is 6.07 Å². The van der Waals surface area contributed by atoms with Gasteiger partial charge in [0.2, 0.25) is 5.91 Å². The number of nitrogens with two attached hydrogens (primary N) is 1. The third-order valence-electron chi connectivity index (χ3n) is 5.17. The number of benzene rings is 1. The molecule has 4 atom stereocenters. The van der Waals surface area contributed by atoms with Crippen molar-refractivity contribution >= 4 is 11.6 Å². The van der Waals surface area contributed by atoms with Crippen molar-refractivity contribution in [2.75, 3.05) is 5.32 Å². The molecule has 3 N–H and O–H groups in total. The van der Waals surface area contributed by atoms with Crippen LogP contribution in [-0.4, -0.2) is 21.7 Å². The van der Waals surface area contributed by atoms with Gasteiger partial charge in [-0.3, -0.25) is 4.79 Å². The highest BCUT2D eigenvalue weighted by molar-refractivity contribution is 5.93. The largest absolute Gasteiger partial charge is 0.327 e. The monoisotopic (exact) mass is 296 g/mol. The number of hydrogen-bond donors (Lipinski definition) is 2. The lowest BCUT2D eigenvalue weighted by Gasteiger charge is -2.27. The van der Waals surface area contributed by atoms with Crippen LogP contribution < -0.4 is 11.1 Å². The number of amides is 1. The van der Waals surface area contributed by atoms with Crippen LogP contribution in [0.15, 0.2) is 42.7 Å². The lowest BCUT2D eigenvalue weighted by molar-refractivity contribution is -0.121. The molecular weight excluding hydrogens is 276 g/mol. The van der Waals surface area contributed by atoms with Crippen molar-refractivity contribution in [3.8, 4) is 5.69 Å². The van der Waals surface area contributed by atoms with Crippen molar-refractivity contribution in [1.29, 1.82) is 0 Å². The van der Waals surface area contributed by atoms with E-state index in [4.69, 9.17) is 5.73 Å². The highest BCUT2D eigenvalue weighted by Crippen LogP contribution is 2.47. The van der Waals surface area contributed by atoms with E-state index in [1.54, 1.807) is 10.9 Å². The van der Waals surface area contributed by atoms with Gasteiger partial charge >= 0.3 is 0 Å². The molecule has 1 aromatic heterocycles. The molecule has 114 valence electrons. The average molecular weight is 296 g/mol. The van der Waals surface area contributed by atoms with Gasteiger partial charge in [0.1, 0.15) is 0 Å². The molecule has 2 aliphatic rings. The first kappa shape index (κ1) is 13.5. The predicted octanol–water partition coefficient (Wildman–Crippen LogP) is 2.18. The van der Waals surface area contributed by atoms with E-state index < -0.39 is 0 Å². The Kier molecular flexibility index (Phi) is 3.22. The first-order valence-corrected chi connectivity index (χ1v) is 7.89. The van der Waals surface area contributed by atoms with E-state index in [0.29, 0.717) is 11.8 Å². The van der Waals surface area contributed by atoms with Gasteiger partial charge in [-0.25, -0.2) is 4.68 Å². The molecular formula is C17H20N4O. The fourth-order valence-electron chi connectivity index (χ4n) is 4.10. The highest BCUT2D eigenvalue weighted by atomic mass is 16.2. The van der Waals surface area contributed by atoms with E-state index in [-0.39, 0.29) is 17.9 Å². The summed E-state index contributed by atoms with van der Waals surface area (Å²) in [6.07, 6.45) is 7.06. The summed E-state index contributed by atoms with van der Waals surface area (Å²) in [6, 6.07) is 9.62. The molecule has 0 spiro atoms. The van der Waals surface area contributed by atoms with Gasteiger partial charge in [0.05, 0.1) is 11.6 Å². The first-order chi connectivity index (χ1) is 10.7. The molecule has 5 nitrogen and oxygen atoms in total. The summed E-state index contributed by atoms with van der Waals surface area (Å²) in [4.78, 5) is 12.6. The molecule has 5 heteroatoms. The fourth-order valence-corrected chi connectivity index (χ4v) is 4.10. The third-order valence-corrected chi connectivity index (χ3v) is 5.17. The number of anilines is 1. The molecule has 2 fully saturated rings. The van der Waals surface area contributed by atoms with Gasteiger partial charge in [0.15, 0.2) is 0 Å². The molecule has 1 amide bonds. The van der Waals surface area contributed by atoms with E-state index in [9.17, 15) is 4.79 Å². The maximum atomic E-state index is 12.6. The molecule has 2 saturated carbocycles.